The van der Waals surface area contributed by atoms with Crippen molar-refractivity contribution < 1.29 is 0 Å². The zero-order chi connectivity index (χ0) is 12.9. The van der Waals surface area contributed by atoms with Gasteiger partial charge in [-0.1, -0.05) is 43.7 Å². The van der Waals surface area contributed by atoms with E-state index in [1.54, 1.807) is 0 Å². The van der Waals surface area contributed by atoms with Crippen molar-refractivity contribution in [3.05, 3.63) is 35.4 Å². The van der Waals surface area contributed by atoms with E-state index >= 15 is 0 Å². The molecule has 0 saturated heterocycles. The molecular weight excluding hydrogens is 208 g/mol. The first kappa shape index (κ1) is 14.2. The first-order valence-corrected chi connectivity index (χ1v) is 6.30. The summed E-state index contributed by atoms with van der Waals surface area (Å²) in [5.41, 5.74) is 2.99. The van der Waals surface area contributed by atoms with Crippen LogP contribution in [-0.4, -0.2) is 32.1 Å². The van der Waals surface area contributed by atoms with Gasteiger partial charge in [0.1, 0.15) is 0 Å². The van der Waals surface area contributed by atoms with Gasteiger partial charge in [-0.2, -0.15) is 0 Å². The summed E-state index contributed by atoms with van der Waals surface area (Å²) >= 11 is 0. The number of rotatable bonds is 6. The van der Waals surface area contributed by atoms with Gasteiger partial charge in [-0.3, -0.25) is 0 Å². The minimum Gasteiger partial charge on any atom is -0.312 e. The van der Waals surface area contributed by atoms with Crippen LogP contribution in [0.2, 0.25) is 0 Å². The fourth-order valence-corrected chi connectivity index (χ4v) is 2.16. The first-order valence-electron chi connectivity index (χ1n) is 6.30. The quantitative estimate of drug-likeness (QED) is 0.814. The predicted molar refractivity (Wildman–Crippen MR) is 75.2 cm³/mol. The molecule has 1 rings (SSSR count). The van der Waals surface area contributed by atoms with Crippen LogP contribution in [-0.2, 0) is 6.54 Å². The second kappa shape index (κ2) is 6.18. The molecule has 2 nitrogen and oxygen atoms in total. The second-order valence-corrected chi connectivity index (χ2v) is 5.99. The maximum absolute atomic E-state index is 3.54. The molecule has 0 aliphatic rings. The van der Waals surface area contributed by atoms with Crippen molar-refractivity contribution >= 4 is 0 Å². The highest BCUT2D eigenvalue weighted by Gasteiger charge is 2.17. The molecule has 96 valence electrons. The SMILES string of the molecule is Cc1ccc(CNCC(C)(C)CN(C)C)cc1. The predicted octanol–water partition coefficient (Wildman–Crippen LogP) is 2.67. The third-order valence-electron chi connectivity index (χ3n) is 2.80. The minimum absolute atomic E-state index is 0.314. The average molecular weight is 234 g/mol. The summed E-state index contributed by atoms with van der Waals surface area (Å²) in [4.78, 5) is 2.24. The van der Waals surface area contributed by atoms with Gasteiger partial charge in [0, 0.05) is 19.6 Å². The molecule has 0 bridgehead atoms. The standard InChI is InChI=1S/C15H26N2/c1-13-6-8-14(9-7-13)10-16-11-15(2,3)12-17(4)5/h6-9,16H,10-12H2,1-5H3. The lowest BCUT2D eigenvalue weighted by molar-refractivity contribution is 0.232. The van der Waals surface area contributed by atoms with E-state index in [0.29, 0.717) is 5.41 Å². The Labute approximate surface area is 106 Å². The molecule has 0 aliphatic heterocycles. The lowest BCUT2D eigenvalue weighted by Gasteiger charge is -2.28. The van der Waals surface area contributed by atoms with Crippen molar-refractivity contribution in [1.29, 1.82) is 0 Å². The van der Waals surface area contributed by atoms with Crippen molar-refractivity contribution in [2.24, 2.45) is 5.41 Å². The fraction of sp³-hybridized carbons (Fsp3) is 0.600. The van der Waals surface area contributed by atoms with Crippen molar-refractivity contribution in [2.45, 2.75) is 27.3 Å². The number of hydrogen-bond acceptors (Lipinski definition) is 2. The van der Waals surface area contributed by atoms with Crippen LogP contribution in [0.15, 0.2) is 24.3 Å². The summed E-state index contributed by atoms with van der Waals surface area (Å²) in [6.07, 6.45) is 0. The summed E-state index contributed by atoms with van der Waals surface area (Å²) in [5, 5.41) is 3.54. The minimum atomic E-state index is 0.314. The topological polar surface area (TPSA) is 15.3 Å². The monoisotopic (exact) mass is 234 g/mol. The normalized spacial score (nSPS) is 12.1. The highest BCUT2D eigenvalue weighted by Crippen LogP contribution is 2.14. The van der Waals surface area contributed by atoms with Crippen LogP contribution in [0.3, 0.4) is 0 Å². The van der Waals surface area contributed by atoms with E-state index in [1.807, 2.05) is 0 Å². The Morgan fingerprint density at radius 1 is 1.12 bits per heavy atom. The summed E-state index contributed by atoms with van der Waals surface area (Å²) in [5.74, 6) is 0. The molecule has 0 atom stereocenters. The number of aryl methyl sites for hydroxylation is 1. The van der Waals surface area contributed by atoms with Gasteiger partial charge in [0.15, 0.2) is 0 Å². The molecule has 0 saturated carbocycles. The fourth-order valence-electron chi connectivity index (χ4n) is 2.16. The van der Waals surface area contributed by atoms with Crippen LogP contribution in [0.4, 0.5) is 0 Å². The molecule has 0 aromatic heterocycles. The Balaban J connectivity index is 2.34. The van der Waals surface area contributed by atoms with E-state index in [1.165, 1.54) is 11.1 Å². The van der Waals surface area contributed by atoms with Crippen LogP contribution in [0.5, 0.6) is 0 Å². The molecular formula is C15H26N2. The van der Waals surface area contributed by atoms with Crippen LogP contribution in [0.1, 0.15) is 25.0 Å². The molecule has 0 unspecified atom stereocenters. The summed E-state index contributed by atoms with van der Waals surface area (Å²) in [6, 6.07) is 8.73. The highest BCUT2D eigenvalue weighted by atomic mass is 15.1. The van der Waals surface area contributed by atoms with Gasteiger partial charge in [0.05, 0.1) is 0 Å². The average Bonchev–Trinajstić information content (AvgIpc) is 2.18. The molecule has 1 aromatic carbocycles. The third kappa shape index (κ3) is 5.85. The Morgan fingerprint density at radius 2 is 1.71 bits per heavy atom. The van der Waals surface area contributed by atoms with Gasteiger partial charge >= 0.3 is 0 Å². The summed E-state index contributed by atoms with van der Waals surface area (Å²) in [7, 11) is 4.25. The lowest BCUT2D eigenvalue weighted by Crippen LogP contribution is -2.37. The number of nitrogens with one attached hydrogen (secondary N) is 1. The van der Waals surface area contributed by atoms with Gasteiger partial charge < -0.3 is 10.2 Å². The number of hydrogen-bond donors (Lipinski definition) is 1. The molecule has 0 aliphatic carbocycles. The molecule has 0 fully saturated rings. The molecule has 1 N–H and O–H groups in total. The van der Waals surface area contributed by atoms with Gasteiger partial charge in [-0.15, -0.1) is 0 Å². The van der Waals surface area contributed by atoms with Gasteiger partial charge in [-0.25, -0.2) is 0 Å². The van der Waals surface area contributed by atoms with Gasteiger partial charge in [0.25, 0.3) is 0 Å². The van der Waals surface area contributed by atoms with Gasteiger partial charge in [0.2, 0.25) is 0 Å². The molecule has 0 heterocycles. The third-order valence-corrected chi connectivity index (χ3v) is 2.80. The zero-order valence-electron chi connectivity index (χ0n) is 11.9. The molecule has 17 heavy (non-hydrogen) atoms. The van der Waals surface area contributed by atoms with Crippen LogP contribution in [0.25, 0.3) is 0 Å². The highest BCUT2D eigenvalue weighted by molar-refractivity contribution is 5.21. The Hall–Kier alpha value is -0.860. The van der Waals surface area contributed by atoms with Crippen molar-refractivity contribution in [1.82, 2.24) is 10.2 Å². The maximum Gasteiger partial charge on any atom is 0.0205 e. The van der Waals surface area contributed by atoms with Crippen molar-refractivity contribution in [3.8, 4) is 0 Å². The largest absolute Gasteiger partial charge is 0.312 e. The molecule has 0 amide bonds. The number of benzene rings is 1. The van der Waals surface area contributed by atoms with Crippen LogP contribution in [0, 0.1) is 12.3 Å². The molecule has 2 heteroatoms. The van der Waals surface area contributed by atoms with Crippen molar-refractivity contribution in [2.75, 3.05) is 27.2 Å². The Morgan fingerprint density at radius 3 is 2.24 bits per heavy atom. The van der Waals surface area contributed by atoms with E-state index in [2.05, 4.69) is 69.3 Å². The molecule has 0 radical (unpaired) electrons. The summed E-state index contributed by atoms with van der Waals surface area (Å²) < 4.78 is 0. The van der Waals surface area contributed by atoms with E-state index in [9.17, 15) is 0 Å². The first-order chi connectivity index (χ1) is 7.89. The van der Waals surface area contributed by atoms with Crippen LogP contribution >= 0.6 is 0 Å². The van der Waals surface area contributed by atoms with E-state index < -0.39 is 0 Å². The van der Waals surface area contributed by atoms with E-state index in [4.69, 9.17) is 0 Å². The smallest absolute Gasteiger partial charge is 0.0205 e. The Bertz CT molecular complexity index is 325. The van der Waals surface area contributed by atoms with Crippen LogP contribution < -0.4 is 5.32 Å². The molecule has 1 aromatic rings. The second-order valence-electron chi connectivity index (χ2n) is 5.99. The van der Waals surface area contributed by atoms with Gasteiger partial charge in [-0.05, 0) is 32.0 Å². The number of nitrogens with zero attached hydrogens (tertiary/aromatic N) is 1. The zero-order valence-corrected chi connectivity index (χ0v) is 11.9. The summed E-state index contributed by atoms with van der Waals surface area (Å²) in [6.45, 7) is 9.83. The maximum atomic E-state index is 3.54. The van der Waals surface area contributed by atoms with E-state index in [0.717, 1.165) is 19.6 Å². The lowest BCUT2D eigenvalue weighted by atomic mass is 9.93. The Kier molecular flexibility index (Phi) is 5.16. The molecule has 0 spiro atoms. The van der Waals surface area contributed by atoms with E-state index in [-0.39, 0.29) is 0 Å². The van der Waals surface area contributed by atoms with Crippen molar-refractivity contribution in [3.63, 3.8) is 0 Å².